The van der Waals surface area contributed by atoms with E-state index in [0.29, 0.717) is 12.2 Å². The predicted octanol–water partition coefficient (Wildman–Crippen LogP) is 5.03. The lowest BCUT2D eigenvalue weighted by molar-refractivity contribution is -0.115. The number of carbonyl (C=O) groups is 1. The molecule has 0 fully saturated rings. The van der Waals surface area contributed by atoms with E-state index >= 15 is 0 Å². The van der Waals surface area contributed by atoms with Gasteiger partial charge in [0.2, 0.25) is 5.91 Å². The number of aryl methyl sites for hydroxylation is 2. The number of sulfone groups is 1. The molecule has 6 nitrogen and oxygen atoms in total. The molecular weight excluding hydrogens is 426 g/mol. The topological polar surface area (TPSA) is 92.7 Å². The summed E-state index contributed by atoms with van der Waals surface area (Å²) >= 11 is 6.15. The Balaban J connectivity index is 2.38. The van der Waals surface area contributed by atoms with Crippen molar-refractivity contribution in [2.75, 3.05) is 11.9 Å². The molecule has 2 aromatic carbocycles. The Hall–Kier alpha value is -2.25. The van der Waals surface area contributed by atoms with E-state index in [2.05, 4.69) is 5.32 Å². The summed E-state index contributed by atoms with van der Waals surface area (Å²) in [7, 11) is -4.03. The fraction of sp³-hybridized carbons (Fsp3) is 0.409. The lowest BCUT2D eigenvalue weighted by Gasteiger charge is -2.19. The summed E-state index contributed by atoms with van der Waals surface area (Å²) in [5.74, 6) is -0.522. The van der Waals surface area contributed by atoms with E-state index in [1.165, 1.54) is 18.2 Å². The van der Waals surface area contributed by atoms with Gasteiger partial charge in [-0.15, -0.1) is 0 Å². The molecule has 1 unspecified atom stereocenters. The maximum Gasteiger partial charge on any atom is 0.243 e. The van der Waals surface area contributed by atoms with E-state index in [1.807, 2.05) is 6.92 Å². The first kappa shape index (κ1) is 24.0. The third-order valence-electron chi connectivity index (χ3n) is 4.74. The number of phenols is 1. The molecule has 8 heteroatoms. The number of ether oxygens (including phenoxy) is 1. The molecule has 0 radical (unpaired) electrons. The number of hydrogen-bond acceptors (Lipinski definition) is 5. The minimum Gasteiger partial charge on any atom is -0.508 e. The van der Waals surface area contributed by atoms with Crippen molar-refractivity contribution in [1.29, 1.82) is 0 Å². The maximum absolute atomic E-state index is 13.4. The number of carbonyl (C=O) groups excluding carboxylic acids is 1. The van der Waals surface area contributed by atoms with Gasteiger partial charge in [-0.1, -0.05) is 37.9 Å². The molecular formula is C22H28ClNO5S. The quantitative estimate of drug-likeness (QED) is 0.519. The number of nitrogens with one attached hydrogen (secondary N) is 1. The number of rotatable bonds is 9. The molecule has 0 bridgehead atoms. The van der Waals surface area contributed by atoms with E-state index in [0.717, 1.165) is 18.4 Å². The first-order valence-corrected chi connectivity index (χ1v) is 11.8. The first-order chi connectivity index (χ1) is 14.1. The summed E-state index contributed by atoms with van der Waals surface area (Å²) in [5.41, 5.74) is 1.45. The molecule has 0 aliphatic rings. The number of halogens is 1. The van der Waals surface area contributed by atoms with Crippen LogP contribution < -0.4 is 10.1 Å². The SMILES string of the molecule is CCCCOc1ccc(C)cc1S(=O)(=O)C(CC)C(=O)Nc1cc(O)c(C)cc1Cl. The minimum atomic E-state index is -4.03. The second-order valence-electron chi connectivity index (χ2n) is 7.20. The summed E-state index contributed by atoms with van der Waals surface area (Å²) < 4.78 is 32.5. The van der Waals surface area contributed by atoms with Crippen molar-refractivity contribution in [3.8, 4) is 11.5 Å². The van der Waals surface area contributed by atoms with Crippen LogP contribution >= 0.6 is 11.6 Å². The van der Waals surface area contributed by atoms with Crippen molar-refractivity contribution in [2.45, 2.75) is 57.1 Å². The van der Waals surface area contributed by atoms with E-state index in [-0.39, 0.29) is 33.5 Å². The molecule has 0 saturated carbocycles. The summed E-state index contributed by atoms with van der Waals surface area (Å²) in [6.45, 7) is 7.49. The molecule has 1 atom stereocenters. The van der Waals surface area contributed by atoms with E-state index in [4.69, 9.17) is 16.3 Å². The Kier molecular flexibility index (Phi) is 8.15. The third-order valence-corrected chi connectivity index (χ3v) is 7.28. The van der Waals surface area contributed by atoms with Gasteiger partial charge in [0.05, 0.1) is 17.3 Å². The average Bonchev–Trinajstić information content (AvgIpc) is 2.67. The first-order valence-electron chi connectivity index (χ1n) is 9.89. The van der Waals surface area contributed by atoms with Gasteiger partial charge in [0.1, 0.15) is 21.6 Å². The number of anilines is 1. The zero-order chi connectivity index (χ0) is 22.5. The maximum atomic E-state index is 13.4. The van der Waals surface area contributed by atoms with Crippen LogP contribution in [0.1, 0.15) is 44.2 Å². The standard InChI is InChI=1S/C22H28ClNO5S/c1-5-7-10-29-19-9-8-14(3)11-21(19)30(27,28)20(6-2)22(26)24-17-13-18(25)15(4)12-16(17)23/h8-9,11-13,20,25H,5-7,10H2,1-4H3,(H,24,26). The molecule has 0 aliphatic heterocycles. The number of unbranched alkanes of at least 4 members (excludes halogenated alkanes) is 1. The van der Waals surface area contributed by atoms with Gasteiger partial charge in [0.15, 0.2) is 9.84 Å². The highest BCUT2D eigenvalue weighted by atomic mass is 35.5. The second-order valence-corrected chi connectivity index (χ2v) is 9.71. The largest absolute Gasteiger partial charge is 0.508 e. The van der Waals surface area contributed by atoms with Gasteiger partial charge in [-0.05, 0) is 56.0 Å². The van der Waals surface area contributed by atoms with Crippen molar-refractivity contribution in [2.24, 2.45) is 0 Å². The summed E-state index contributed by atoms with van der Waals surface area (Å²) in [6, 6.07) is 7.73. The van der Waals surface area contributed by atoms with Crippen molar-refractivity contribution < 1.29 is 23.1 Å². The van der Waals surface area contributed by atoms with Crippen molar-refractivity contribution in [3.05, 3.63) is 46.5 Å². The molecule has 164 valence electrons. The zero-order valence-corrected chi connectivity index (χ0v) is 19.2. The summed E-state index contributed by atoms with van der Waals surface area (Å²) in [6.07, 6.45) is 1.77. The Morgan fingerprint density at radius 3 is 2.53 bits per heavy atom. The third kappa shape index (κ3) is 5.46. The molecule has 2 N–H and O–H groups in total. The molecule has 30 heavy (non-hydrogen) atoms. The monoisotopic (exact) mass is 453 g/mol. The minimum absolute atomic E-state index is 0.00143. The van der Waals surface area contributed by atoms with Gasteiger partial charge in [-0.3, -0.25) is 4.79 Å². The van der Waals surface area contributed by atoms with Crippen molar-refractivity contribution >= 4 is 33.0 Å². The van der Waals surface area contributed by atoms with Gasteiger partial charge < -0.3 is 15.2 Å². The molecule has 0 heterocycles. The molecule has 0 aromatic heterocycles. The number of phenolic OH excluding ortho intramolecular Hbond substituents is 1. The second kappa shape index (κ2) is 10.2. The van der Waals surface area contributed by atoms with Gasteiger partial charge in [0.25, 0.3) is 0 Å². The summed E-state index contributed by atoms with van der Waals surface area (Å²) in [4.78, 5) is 12.9. The van der Waals surface area contributed by atoms with Crippen molar-refractivity contribution in [1.82, 2.24) is 0 Å². The van der Waals surface area contributed by atoms with Crippen LogP contribution in [0, 0.1) is 13.8 Å². The fourth-order valence-electron chi connectivity index (χ4n) is 2.95. The van der Waals surface area contributed by atoms with Crippen LogP contribution in [-0.4, -0.2) is 31.3 Å². The highest BCUT2D eigenvalue weighted by molar-refractivity contribution is 7.93. The number of benzene rings is 2. The molecule has 0 aliphatic carbocycles. The lowest BCUT2D eigenvalue weighted by Crippen LogP contribution is -2.35. The Morgan fingerprint density at radius 1 is 1.20 bits per heavy atom. The van der Waals surface area contributed by atoms with Crippen LogP contribution in [0.25, 0.3) is 0 Å². The normalized spacial score (nSPS) is 12.4. The summed E-state index contributed by atoms with van der Waals surface area (Å²) in [5, 5.41) is 11.3. The molecule has 2 rings (SSSR count). The molecule has 0 spiro atoms. The van der Waals surface area contributed by atoms with Crippen LogP contribution in [0.15, 0.2) is 35.2 Å². The van der Waals surface area contributed by atoms with Crippen LogP contribution in [0.3, 0.4) is 0 Å². The number of amides is 1. The van der Waals surface area contributed by atoms with Crippen molar-refractivity contribution in [3.63, 3.8) is 0 Å². The predicted molar refractivity (Wildman–Crippen MR) is 119 cm³/mol. The van der Waals surface area contributed by atoms with E-state index < -0.39 is 21.0 Å². The number of aromatic hydroxyl groups is 1. The lowest BCUT2D eigenvalue weighted by atomic mass is 10.2. The Morgan fingerprint density at radius 2 is 1.90 bits per heavy atom. The van der Waals surface area contributed by atoms with Gasteiger partial charge in [-0.25, -0.2) is 8.42 Å². The average molecular weight is 454 g/mol. The van der Waals surface area contributed by atoms with Gasteiger partial charge in [0, 0.05) is 6.07 Å². The molecule has 0 saturated heterocycles. The highest BCUT2D eigenvalue weighted by Gasteiger charge is 2.35. The van der Waals surface area contributed by atoms with Gasteiger partial charge >= 0.3 is 0 Å². The fourth-order valence-corrected chi connectivity index (χ4v) is 5.06. The van der Waals surface area contributed by atoms with E-state index in [9.17, 15) is 18.3 Å². The smallest absolute Gasteiger partial charge is 0.243 e. The van der Waals surface area contributed by atoms with Crippen LogP contribution in [0.5, 0.6) is 11.5 Å². The highest BCUT2D eigenvalue weighted by Crippen LogP contribution is 2.32. The van der Waals surface area contributed by atoms with Gasteiger partial charge in [-0.2, -0.15) is 0 Å². The van der Waals surface area contributed by atoms with Crippen LogP contribution in [0.2, 0.25) is 5.02 Å². The van der Waals surface area contributed by atoms with Crippen LogP contribution in [0.4, 0.5) is 5.69 Å². The van der Waals surface area contributed by atoms with Crippen LogP contribution in [-0.2, 0) is 14.6 Å². The number of hydrogen-bond donors (Lipinski definition) is 2. The Labute approximate surface area is 183 Å². The molecule has 2 aromatic rings. The van der Waals surface area contributed by atoms with E-state index in [1.54, 1.807) is 32.9 Å². The zero-order valence-electron chi connectivity index (χ0n) is 17.7. The Bertz CT molecular complexity index is 1020. The molecule has 1 amide bonds.